The molecule has 2 N–H and O–H groups in total. The molecule has 0 unspecified atom stereocenters. The molecule has 17 heavy (non-hydrogen) atoms. The van der Waals surface area contributed by atoms with Crippen molar-refractivity contribution in [2.45, 2.75) is 38.0 Å². The van der Waals surface area contributed by atoms with Crippen LogP contribution in [0.1, 0.15) is 38.2 Å². The van der Waals surface area contributed by atoms with E-state index in [9.17, 15) is 0 Å². The van der Waals surface area contributed by atoms with Crippen molar-refractivity contribution in [3.8, 4) is 5.75 Å². The molecule has 3 rings (SSSR count). The summed E-state index contributed by atoms with van der Waals surface area (Å²) in [6.45, 7) is 3.52. The molecule has 0 radical (unpaired) electrons. The number of rotatable bonds is 4. The van der Waals surface area contributed by atoms with Crippen LogP contribution in [0.2, 0.25) is 0 Å². The molecule has 1 aromatic carbocycles. The molecule has 0 heterocycles. The molecule has 0 bridgehead atoms. The van der Waals surface area contributed by atoms with E-state index in [1.807, 2.05) is 6.92 Å². The van der Waals surface area contributed by atoms with Crippen LogP contribution in [0.25, 0.3) is 0 Å². The number of hydrogen-bond acceptors (Lipinski definition) is 2. The lowest BCUT2D eigenvalue weighted by atomic mass is 9.56. The van der Waals surface area contributed by atoms with Gasteiger partial charge in [-0.15, -0.1) is 0 Å². The quantitative estimate of drug-likeness (QED) is 0.864. The standard InChI is InChI=1S/C15H21NO/c1-2-17-13-5-3-12(4-6-13)15(11-16)9-14(10-15)7-8-14/h3-6H,2,7-11,16H2,1H3. The minimum absolute atomic E-state index is 0.265. The maximum atomic E-state index is 6.02. The van der Waals surface area contributed by atoms with Gasteiger partial charge in [0.05, 0.1) is 6.61 Å². The molecule has 2 fully saturated rings. The molecule has 0 aliphatic heterocycles. The van der Waals surface area contributed by atoms with Gasteiger partial charge in [0.1, 0.15) is 5.75 Å². The van der Waals surface area contributed by atoms with Gasteiger partial charge in [-0.25, -0.2) is 0 Å². The van der Waals surface area contributed by atoms with Gasteiger partial charge in [0, 0.05) is 12.0 Å². The van der Waals surface area contributed by atoms with Crippen LogP contribution in [0.15, 0.2) is 24.3 Å². The molecule has 0 saturated heterocycles. The molecule has 1 spiro atoms. The van der Waals surface area contributed by atoms with Gasteiger partial charge in [0.25, 0.3) is 0 Å². The zero-order valence-electron chi connectivity index (χ0n) is 10.5. The molecular weight excluding hydrogens is 210 g/mol. The Balaban J connectivity index is 1.78. The molecule has 0 amide bonds. The third-order valence-corrected chi connectivity index (χ3v) is 4.55. The molecule has 2 aliphatic carbocycles. The van der Waals surface area contributed by atoms with Crippen LogP contribution in [0.3, 0.4) is 0 Å². The zero-order chi connectivity index (χ0) is 11.9. The molecule has 2 nitrogen and oxygen atoms in total. The van der Waals surface area contributed by atoms with Crippen molar-refractivity contribution >= 4 is 0 Å². The molecule has 2 heteroatoms. The van der Waals surface area contributed by atoms with Gasteiger partial charge in [-0.1, -0.05) is 12.1 Å². The van der Waals surface area contributed by atoms with Crippen molar-refractivity contribution < 1.29 is 4.74 Å². The summed E-state index contributed by atoms with van der Waals surface area (Å²) in [7, 11) is 0. The molecule has 2 aliphatic rings. The Morgan fingerprint density at radius 2 is 1.82 bits per heavy atom. The lowest BCUT2D eigenvalue weighted by Gasteiger charge is -2.48. The Hall–Kier alpha value is -1.02. The van der Waals surface area contributed by atoms with Crippen molar-refractivity contribution in [1.29, 1.82) is 0 Å². The van der Waals surface area contributed by atoms with E-state index in [0.717, 1.165) is 18.9 Å². The van der Waals surface area contributed by atoms with E-state index >= 15 is 0 Å². The van der Waals surface area contributed by atoms with Crippen LogP contribution in [-0.2, 0) is 5.41 Å². The lowest BCUT2D eigenvalue weighted by Crippen LogP contribution is -2.48. The molecule has 2 saturated carbocycles. The number of nitrogens with two attached hydrogens (primary N) is 1. The van der Waals surface area contributed by atoms with E-state index in [1.54, 1.807) is 0 Å². The first-order valence-electron chi connectivity index (χ1n) is 6.65. The monoisotopic (exact) mass is 231 g/mol. The first kappa shape index (κ1) is 11.1. The van der Waals surface area contributed by atoms with E-state index in [4.69, 9.17) is 10.5 Å². The zero-order valence-corrected chi connectivity index (χ0v) is 10.5. The fourth-order valence-corrected chi connectivity index (χ4v) is 3.45. The summed E-state index contributed by atoms with van der Waals surface area (Å²) < 4.78 is 5.48. The Bertz CT molecular complexity index is 397. The van der Waals surface area contributed by atoms with Gasteiger partial charge in [0.2, 0.25) is 0 Å². The van der Waals surface area contributed by atoms with Gasteiger partial charge < -0.3 is 10.5 Å². The number of benzene rings is 1. The first-order chi connectivity index (χ1) is 8.22. The molecule has 0 aromatic heterocycles. The van der Waals surface area contributed by atoms with Crippen LogP contribution in [0.5, 0.6) is 5.75 Å². The molecular formula is C15H21NO. The predicted molar refractivity (Wildman–Crippen MR) is 69.2 cm³/mol. The van der Waals surface area contributed by atoms with E-state index < -0.39 is 0 Å². The van der Waals surface area contributed by atoms with Gasteiger partial charge in [-0.2, -0.15) is 0 Å². The van der Waals surface area contributed by atoms with Crippen LogP contribution in [-0.4, -0.2) is 13.2 Å². The summed E-state index contributed by atoms with van der Waals surface area (Å²) in [5, 5.41) is 0. The lowest BCUT2D eigenvalue weighted by molar-refractivity contribution is 0.126. The number of ether oxygens (including phenoxy) is 1. The highest BCUT2D eigenvalue weighted by atomic mass is 16.5. The van der Waals surface area contributed by atoms with Gasteiger partial charge >= 0.3 is 0 Å². The Labute approximate surface area is 103 Å². The minimum Gasteiger partial charge on any atom is -0.494 e. The molecule has 92 valence electrons. The molecule has 1 aromatic rings. The average Bonchev–Trinajstić information content (AvgIpc) is 3.08. The van der Waals surface area contributed by atoms with Crippen molar-refractivity contribution in [3.05, 3.63) is 29.8 Å². The third kappa shape index (κ3) is 1.75. The highest BCUT2D eigenvalue weighted by molar-refractivity contribution is 5.37. The Morgan fingerprint density at radius 1 is 1.18 bits per heavy atom. The summed E-state index contributed by atoms with van der Waals surface area (Å²) >= 11 is 0. The van der Waals surface area contributed by atoms with Crippen molar-refractivity contribution in [2.75, 3.05) is 13.2 Å². The van der Waals surface area contributed by atoms with E-state index in [2.05, 4.69) is 24.3 Å². The van der Waals surface area contributed by atoms with Crippen LogP contribution in [0, 0.1) is 5.41 Å². The van der Waals surface area contributed by atoms with Crippen molar-refractivity contribution in [3.63, 3.8) is 0 Å². The average molecular weight is 231 g/mol. The Kier molecular flexibility index (Phi) is 2.44. The van der Waals surface area contributed by atoms with E-state index in [1.165, 1.54) is 31.2 Å². The summed E-state index contributed by atoms with van der Waals surface area (Å²) in [4.78, 5) is 0. The highest BCUT2D eigenvalue weighted by Crippen LogP contribution is 2.68. The normalized spacial score (nSPS) is 23.2. The maximum absolute atomic E-state index is 6.02. The largest absolute Gasteiger partial charge is 0.494 e. The summed E-state index contributed by atoms with van der Waals surface area (Å²) in [6, 6.07) is 8.56. The van der Waals surface area contributed by atoms with Crippen LogP contribution in [0.4, 0.5) is 0 Å². The first-order valence-corrected chi connectivity index (χ1v) is 6.65. The summed E-state index contributed by atoms with van der Waals surface area (Å²) in [5.41, 5.74) is 8.38. The SMILES string of the molecule is CCOc1ccc(C2(CN)CC3(CC3)C2)cc1. The highest BCUT2D eigenvalue weighted by Gasteiger charge is 2.60. The molecule has 0 atom stereocenters. The second-order valence-corrected chi connectivity index (χ2v) is 5.80. The smallest absolute Gasteiger partial charge is 0.119 e. The van der Waals surface area contributed by atoms with Crippen LogP contribution >= 0.6 is 0 Å². The fourth-order valence-electron chi connectivity index (χ4n) is 3.45. The van der Waals surface area contributed by atoms with Gasteiger partial charge in [0.15, 0.2) is 0 Å². The second-order valence-electron chi connectivity index (χ2n) is 5.80. The summed E-state index contributed by atoms with van der Waals surface area (Å²) in [5.74, 6) is 0.962. The number of hydrogen-bond donors (Lipinski definition) is 1. The van der Waals surface area contributed by atoms with Gasteiger partial charge in [-0.05, 0) is 55.7 Å². The topological polar surface area (TPSA) is 35.2 Å². The Morgan fingerprint density at radius 3 is 2.29 bits per heavy atom. The van der Waals surface area contributed by atoms with Crippen LogP contribution < -0.4 is 10.5 Å². The minimum atomic E-state index is 0.265. The second kappa shape index (κ2) is 3.74. The van der Waals surface area contributed by atoms with E-state index in [0.29, 0.717) is 5.41 Å². The summed E-state index contributed by atoms with van der Waals surface area (Å²) in [6.07, 6.45) is 5.44. The van der Waals surface area contributed by atoms with Gasteiger partial charge in [-0.3, -0.25) is 0 Å². The van der Waals surface area contributed by atoms with Crippen molar-refractivity contribution in [1.82, 2.24) is 0 Å². The van der Waals surface area contributed by atoms with E-state index in [-0.39, 0.29) is 5.41 Å². The third-order valence-electron chi connectivity index (χ3n) is 4.55. The maximum Gasteiger partial charge on any atom is 0.119 e. The van der Waals surface area contributed by atoms with Crippen molar-refractivity contribution in [2.24, 2.45) is 11.1 Å². The fraction of sp³-hybridized carbons (Fsp3) is 0.600. The predicted octanol–water partition coefficient (Wildman–Crippen LogP) is 2.86.